The molecule has 0 bridgehead atoms. The zero-order valence-electron chi connectivity index (χ0n) is 11.3. The fraction of sp³-hybridized carbons (Fsp3) is 0.571. The number of rotatable bonds is 3. The van der Waals surface area contributed by atoms with Crippen molar-refractivity contribution < 1.29 is 0 Å². The number of aromatic nitrogens is 2. The second-order valence-corrected chi connectivity index (χ2v) is 6.75. The van der Waals surface area contributed by atoms with E-state index in [1.807, 2.05) is 11.4 Å². The normalized spacial score (nSPS) is 20.7. The molecule has 0 aliphatic carbocycles. The molecule has 0 radical (unpaired) electrons. The zero-order chi connectivity index (χ0) is 13.4. The second-order valence-electron chi connectivity index (χ2n) is 5.49. The van der Waals surface area contributed by atoms with Gasteiger partial charge in [-0.2, -0.15) is 0 Å². The number of thiophene rings is 1. The van der Waals surface area contributed by atoms with Crippen LogP contribution in [-0.4, -0.2) is 27.5 Å². The molecule has 0 aromatic carbocycles. The van der Waals surface area contributed by atoms with E-state index in [4.69, 9.17) is 11.6 Å². The smallest absolute Gasteiger partial charge is 0.145 e. The van der Waals surface area contributed by atoms with Gasteiger partial charge in [-0.05, 0) is 36.8 Å². The van der Waals surface area contributed by atoms with Gasteiger partial charge in [0.25, 0.3) is 0 Å². The molecule has 1 aliphatic heterocycles. The summed E-state index contributed by atoms with van der Waals surface area (Å²) in [5.41, 5.74) is 0. The minimum Gasteiger partial charge on any atom is -0.293 e. The Morgan fingerprint density at radius 2 is 2.32 bits per heavy atom. The lowest BCUT2D eigenvalue weighted by molar-refractivity contribution is 0.194. The Hall–Kier alpha value is -0.710. The molecule has 0 spiro atoms. The second kappa shape index (κ2) is 5.35. The zero-order valence-corrected chi connectivity index (χ0v) is 12.8. The van der Waals surface area contributed by atoms with Crippen molar-refractivity contribution in [1.82, 2.24) is 14.9 Å². The third-order valence-electron chi connectivity index (χ3n) is 3.85. The Bertz CT molecular complexity index is 581. The molecule has 0 amide bonds. The summed E-state index contributed by atoms with van der Waals surface area (Å²) in [6, 6.07) is 2.64. The highest BCUT2D eigenvalue weighted by molar-refractivity contribution is 7.16. The average Bonchev–Trinajstić information content (AvgIpc) is 2.97. The average molecular weight is 296 g/mol. The fourth-order valence-electron chi connectivity index (χ4n) is 2.92. The topological polar surface area (TPSA) is 29.0 Å². The molecule has 2 aromatic heterocycles. The van der Waals surface area contributed by atoms with Crippen LogP contribution >= 0.6 is 22.9 Å². The van der Waals surface area contributed by atoms with Gasteiger partial charge in [-0.3, -0.25) is 4.90 Å². The quantitative estimate of drug-likeness (QED) is 0.803. The van der Waals surface area contributed by atoms with Gasteiger partial charge in [0, 0.05) is 11.4 Å². The summed E-state index contributed by atoms with van der Waals surface area (Å²) in [6.45, 7) is 6.54. The summed E-state index contributed by atoms with van der Waals surface area (Å²) in [7, 11) is 0. The molecule has 19 heavy (non-hydrogen) atoms. The molecule has 3 nitrogen and oxygen atoms in total. The largest absolute Gasteiger partial charge is 0.293 e. The van der Waals surface area contributed by atoms with Crippen LogP contribution in [0.4, 0.5) is 0 Å². The molecule has 1 unspecified atom stereocenters. The maximum absolute atomic E-state index is 6.22. The highest BCUT2D eigenvalue weighted by atomic mass is 35.5. The first-order valence-electron chi connectivity index (χ1n) is 6.79. The van der Waals surface area contributed by atoms with E-state index < -0.39 is 0 Å². The predicted molar refractivity (Wildman–Crippen MR) is 80.7 cm³/mol. The van der Waals surface area contributed by atoms with E-state index in [0.717, 1.165) is 29.1 Å². The van der Waals surface area contributed by atoms with Gasteiger partial charge in [-0.25, -0.2) is 9.97 Å². The number of nitrogens with zero attached hydrogens (tertiary/aromatic N) is 3. The summed E-state index contributed by atoms with van der Waals surface area (Å²) in [5, 5.41) is 3.57. The van der Waals surface area contributed by atoms with E-state index >= 15 is 0 Å². The molecular weight excluding hydrogens is 278 g/mol. The SMILES string of the molecule is CC(C)C1CCCN1Cc1nc(Cl)c2ccsc2n1. The van der Waals surface area contributed by atoms with Crippen molar-refractivity contribution in [2.24, 2.45) is 5.92 Å². The molecule has 2 aromatic rings. The Kier molecular flexibility index (Phi) is 3.74. The monoisotopic (exact) mass is 295 g/mol. The summed E-state index contributed by atoms with van der Waals surface area (Å²) in [6.07, 6.45) is 2.56. The Morgan fingerprint density at radius 1 is 1.47 bits per heavy atom. The minimum atomic E-state index is 0.585. The standard InChI is InChI=1S/C14H18ClN3S/c1-9(2)11-4-3-6-18(11)8-12-16-13(15)10-5-7-19-14(10)17-12/h5,7,9,11H,3-4,6,8H2,1-2H3. The molecule has 3 heterocycles. The first-order chi connectivity index (χ1) is 9.15. The van der Waals surface area contributed by atoms with Gasteiger partial charge in [0.1, 0.15) is 15.8 Å². The van der Waals surface area contributed by atoms with E-state index in [1.54, 1.807) is 11.3 Å². The number of hydrogen-bond donors (Lipinski definition) is 0. The van der Waals surface area contributed by atoms with Crippen molar-refractivity contribution in [3.05, 3.63) is 22.4 Å². The van der Waals surface area contributed by atoms with Gasteiger partial charge < -0.3 is 0 Å². The van der Waals surface area contributed by atoms with Crippen molar-refractivity contribution in [2.45, 2.75) is 39.3 Å². The maximum atomic E-state index is 6.22. The van der Waals surface area contributed by atoms with E-state index in [1.165, 1.54) is 12.8 Å². The van der Waals surface area contributed by atoms with Gasteiger partial charge in [0.05, 0.1) is 6.54 Å². The first kappa shape index (κ1) is 13.3. The molecule has 102 valence electrons. The number of fused-ring (bicyclic) bond motifs is 1. The van der Waals surface area contributed by atoms with Crippen molar-refractivity contribution in [3.8, 4) is 0 Å². The molecule has 3 rings (SSSR count). The lowest BCUT2D eigenvalue weighted by Crippen LogP contribution is -2.33. The Balaban J connectivity index is 1.84. The first-order valence-corrected chi connectivity index (χ1v) is 8.04. The number of likely N-dealkylation sites (tertiary alicyclic amines) is 1. The van der Waals surface area contributed by atoms with Crippen LogP contribution in [0.3, 0.4) is 0 Å². The fourth-order valence-corrected chi connectivity index (χ4v) is 4.01. The van der Waals surface area contributed by atoms with Crippen LogP contribution in [0.15, 0.2) is 11.4 Å². The lowest BCUT2D eigenvalue weighted by atomic mass is 10.0. The van der Waals surface area contributed by atoms with Crippen LogP contribution in [-0.2, 0) is 6.54 Å². The van der Waals surface area contributed by atoms with E-state index in [9.17, 15) is 0 Å². The van der Waals surface area contributed by atoms with Crippen LogP contribution in [0.25, 0.3) is 10.2 Å². The summed E-state index contributed by atoms with van der Waals surface area (Å²) in [5.74, 6) is 1.54. The van der Waals surface area contributed by atoms with Crippen LogP contribution in [0.1, 0.15) is 32.5 Å². The number of hydrogen-bond acceptors (Lipinski definition) is 4. The third-order valence-corrected chi connectivity index (χ3v) is 4.95. The molecular formula is C14H18ClN3S. The van der Waals surface area contributed by atoms with Gasteiger partial charge in [0.15, 0.2) is 0 Å². The van der Waals surface area contributed by atoms with Crippen molar-refractivity contribution >= 4 is 33.2 Å². The van der Waals surface area contributed by atoms with Crippen molar-refractivity contribution in [2.75, 3.05) is 6.54 Å². The lowest BCUT2D eigenvalue weighted by Gasteiger charge is -2.26. The van der Waals surface area contributed by atoms with Gasteiger partial charge in [-0.15, -0.1) is 11.3 Å². The van der Waals surface area contributed by atoms with Crippen LogP contribution in [0.5, 0.6) is 0 Å². The minimum absolute atomic E-state index is 0.585. The maximum Gasteiger partial charge on any atom is 0.145 e. The van der Waals surface area contributed by atoms with Gasteiger partial charge in [0.2, 0.25) is 0 Å². The third kappa shape index (κ3) is 2.62. The van der Waals surface area contributed by atoms with Gasteiger partial charge >= 0.3 is 0 Å². The Morgan fingerprint density at radius 3 is 3.11 bits per heavy atom. The molecule has 1 saturated heterocycles. The molecule has 0 N–H and O–H groups in total. The highest BCUT2D eigenvalue weighted by Gasteiger charge is 2.27. The van der Waals surface area contributed by atoms with E-state index in [0.29, 0.717) is 17.1 Å². The molecule has 1 aliphatic rings. The highest BCUT2D eigenvalue weighted by Crippen LogP contribution is 2.28. The summed E-state index contributed by atoms with van der Waals surface area (Å²) >= 11 is 7.85. The Labute approximate surface area is 122 Å². The van der Waals surface area contributed by atoms with Gasteiger partial charge in [-0.1, -0.05) is 25.4 Å². The van der Waals surface area contributed by atoms with E-state index in [2.05, 4.69) is 28.7 Å². The predicted octanol–water partition coefficient (Wildman–Crippen LogP) is 3.97. The van der Waals surface area contributed by atoms with E-state index in [-0.39, 0.29) is 0 Å². The molecule has 0 saturated carbocycles. The molecule has 1 atom stereocenters. The number of halogens is 1. The van der Waals surface area contributed by atoms with Crippen LogP contribution in [0.2, 0.25) is 5.15 Å². The summed E-state index contributed by atoms with van der Waals surface area (Å²) in [4.78, 5) is 12.6. The van der Waals surface area contributed by atoms with Crippen molar-refractivity contribution in [1.29, 1.82) is 0 Å². The molecule has 1 fully saturated rings. The summed E-state index contributed by atoms with van der Waals surface area (Å²) < 4.78 is 0. The van der Waals surface area contributed by atoms with Crippen molar-refractivity contribution in [3.63, 3.8) is 0 Å². The molecule has 5 heteroatoms. The van der Waals surface area contributed by atoms with Crippen LogP contribution in [0, 0.1) is 5.92 Å². The van der Waals surface area contributed by atoms with Crippen LogP contribution < -0.4 is 0 Å².